The van der Waals surface area contributed by atoms with Crippen LogP contribution in [0.5, 0.6) is 0 Å². The molecule has 0 aliphatic heterocycles. The first kappa shape index (κ1) is 15.4. The van der Waals surface area contributed by atoms with E-state index in [-0.39, 0.29) is 5.97 Å². The Bertz CT molecular complexity index is 442. The highest BCUT2D eigenvalue weighted by molar-refractivity contribution is 7.99. The number of ether oxygens (including phenoxy) is 1. The van der Waals surface area contributed by atoms with Gasteiger partial charge in [-0.15, -0.1) is 0 Å². The summed E-state index contributed by atoms with van der Waals surface area (Å²) in [6.45, 7) is 0.736. The number of esters is 1. The summed E-state index contributed by atoms with van der Waals surface area (Å²) < 4.78 is 4.83. The van der Waals surface area contributed by atoms with Crippen LogP contribution in [0.1, 0.15) is 41.6 Å². The highest BCUT2D eigenvalue weighted by Gasteiger charge is 2.20. The monoisotopic (exact) mass is 293 g/mol. The van der Waals surface area contributed by atoms with Crippen molar-refractivity contribution in [3.63, 3.8) is 0 Å². The number of nitrogens with one attached hydrogen (secondary N) is 1. The Morgan fingerprint density at radius 2 is 2.00 bits per heavy atom. The average Bonchev–Trinajstić information content (AvgIpc) is 2.53. The Labute approximate surface area is 125 Å². The van der Waals surface area contributed by atoms with Gasteiger partial charge in [-0.2, -0.15) is 11.8 Å². The number of rotatable bonds is 5. The van der Waals surface area contributed by atoms with E-state index in [1.165, 1.54) is 32.8 Å². The Morgan fingerprint density at radius 1 is 1.30 bits per heavy atom. The maximum atomic E-state index is 11.7. The number of carbonyl (C=O) groups is 1. The van der Waals surface area contributed by atoms with Crippen molar-refractivity contribution in [2.75, 3.05) is 13.4 Å². The zero-order chi connectivity index (χ0) is 14.4. The number of benzene rings is 1. The lowest BCUT2D eigenvalue weighted by molar-refractivity contribution is 0.0599. The minimum absolute atomic E-state index is 0.256. The number of methoxy groups -OCH3 is 1. The topological polar surface area (TPSA) is 38.3 Å². The van der Waals surface area contributed by atoms with Crippen molar-refractivity contribution in [1.29, 1.82) is 0 Å². The highest BCUT2D eigenvalue weighted by atomic mass is 32.2. The lowest BCUT2D eigenvalue weighted by atomic mass is 9.94. The fourth-order valence-electron chi connectivity index (χ4n) is 2.74. The van der Waals surface area contributed by atoms with E-state index in [9.17, 15) is 4.79 Å². The Balaban J connectivity index is 1.90. The van der Waals surface area contributed by atoms with Crippen LogP contribution in [0.25, 0.3) is 0 Å². The van der Waals surface area contributed by atoms with E-state index in [1.54, 1.807) is 0 Å². The molecule has 1 aliphatic carbocycles. The van der Waals surface area contributed by atoms with Gasteiger partial charge in [0.2, 0.25) is 0 Å². The van der Waals surface area contributed by atoms with Crippen LogP contribution >= 0.6 is 11.8 Å². The number of hydrogen-bond donors (Lipinski definition) is 1. The standard InChI is InChI=1S/C16H23NO2S/c1-19-16(18)15-6-4-3-5-12(15)11-17-13-7-9-14(20-2)10-8-13/h3-6,13-14,17H,7-11H2,1-2H3. The van der Waals surface area contributed by atoms with Crippen LogP contribution in [0, 0.1) is 0 Å². The van der Waals surface area contributed by atoms with Crippen LogP contribution in [-0.4, -0.2) is 30.6 Å². The van der Waals surface area contributed by atoms with Gasteiger partial charge in [0.15, 0.2) is 0 Å². The molecule has 1 saturated carbocycles. The second kappa shape index (κ2) is 7.70. The molecule has 1 aromatic carbocycles. The number of thioether (sulfide) groups is 1. The van der Waals surface area contributed by atoms with E-state index in [2.05, 4.69) is 11.6 Å². The van der Waals surface area contributed by atoms with E-state index in [0.29, 0.717) is 11.6 Å². The fourth-order valence-corrected chi connectivity index (χ4v) is 3.48. The van der Waals surface area contributed by atoms with Gasteiger partial charge in [-0.1, -0.05) is 18.2 Å². The maximum Gasteiger partial charge on any atom is 0.338 e. The molecule has 20 heavy (non-hydrogen) atoms. The quantitative estimate of drug-likeness (QED) is 0.846. The molecule has 1 N–H and O–H groups in total. The number of carbonyl (C=O) groups excluding carboxylic acids is 1. The molecule has 0 unspecified atom stereocenters. The predicted molar refractivity (Wildman–Crippen MR) is 84.2 cm³/mol. The second-order valence-electron chi connectivity index (χ2n) is 5.24. The third-order valence-electron chi connectivity index (χ3n) is 4.01. The Morgan fingerprint density at radius 3 is 2.65 bits per heavy atom. The molecule has 0 spiro atoms. The molecule has 0 saturated heterocycles. The van der Waals surface area contributed by atoms with Crippen molar-refractivity contribution in [2.24, 2.45) is 0 Å². The minimum Gasteiger partial charge on any atom is -0.465 e. The van der Waals surface area contributed by atoms with Gasteiger partial charge in [0, 0.05) is 17.8 Å². The molecule has 3 nitrogen and oxygen atoms in total. The van der Waals surface area contributed by atoms with Crippen LogP contribution in [-0.2, 0) is 11.3 Å². The third kappa shape index (κ3) is 4.00. The summed E-state index contributed by atoms with van der Waals surface area (Å²) in [5.74, 6) is -0.256. The first-order valence-corrected chi connectivity index (χ1v) is 8.45. The molecule has 1 aliphatic rings. The van der Waals surface area contributed by atoms with Crippen molar-refractivity contribution in [3.05, 3.63) is 35.4 Å². The SMILES string of the molecule is COC(=O)c1ccccc1CNC1CCC(SC)CC1. The van der Waals surface area contributed by atoms with Gasteiger partial charge in [-0.25, -0.2) is 4.79 Å². The summed E-state index contributed by atoms with van der Waals surface area (Å²) >= 11 is 1.98. The van der Waals surface area contributed by atoms with E-state index in [4.69, 9.17) is 4.74 Å². The third-order valence-corrected chi connectivity index (χ3v) is 5.15. The van der Waals surface area contributed by atoms with Crippen molar-refractivity contribution >= 4 is 17.7 Å². The summed E-state index contributed by atoms with van der Waals surface area (Å²) in [5, 5.41) is 4.41. The van der Waals surface area contributed by atoms with Gasteiger partial charge in [0.05, 0.1) is 12.7 Å². The van der Waals surface area contributed by atoms with E-state index >= 15 is 0 Å². The molecule has 1 aromatic rings. The zero-order valence-corrected chi connectivity index (χ0v) is 13.0. The van der Waals surface area contributed by atoms with Gasteiger partial charge in [-0.3, -0.25) is 0 Å². The Hall–Kier alpha value is -1.00. The van der Waals surface area contributed by atoms with Gasteiger partial charge in [-0.05, 0) is 43.6 Å². The smallest absolute Gasteiger partial charge is 0.338 e. The molecule has 2 rings (SSSR count). The predicted octanol–water partition coefficient (Wildman–Crippen LogP) is 3.24. The molecule has 0 aromatic heterocycles. The summed E-state index contributed by atoms with van der Waals surface area (Å²) in [6.07, 6.45) is 7.23. The number of hydrogen-bond acceptors (Lipinski definition) is 4. The highest BCUT2D eigenvalue weighted by Crippen LogP contribution is 2.27. The normalized spacial score (nSPS) is 22.5. The Kier molecular flexibility index (Phi) is 5.92. The van der Waals surface area contributed by atoms with Crippen LogP contribution in [0.3, 0.4) is 0 Å². The molecule has 110 valence electrons. The van der Waals surface area contributed by atoms with Gasteiger partial charge >= 0.3 is 5.97 Å². The van der Waals surface area contributed by atoms with Crippen LogP contribution < -0.4 is 5.32 Å². The average molecular weight is 293 g/mol. The lowest BCUT2D eigenvalue weighted by Gasteiger charge is -2.28. The molecule has 0 atom stereocenters. The van der Waals surface area contributed by atoms with Gasteiger partial charge in [0.25, 0.3) is 0 Å². The zero-order valence-electron chi connectivity index (χ0n) is 12.2. The summed E-state index contributed by atoms with van der Waals surface area (Å²) in [5.41, 5.74) is 1.69. The van der Waals surface area contributed by atoms with Crippen molar-refractivity contribution in [2.45, 2.75) is 43.5 Å². The van der Waals surface area contributed by atoms with Crippen LogP contribution in [0.4, 0.5) is 0 Å². The minimum atomic E-state index is -0.256. The largest absolute Gasteiger partial charge is 0.465 e. The summed E-state index contributed by atoms with van der Waals surface area (Å²) in [6, 6.07) is 8.23. The summed E-state index contributed by atoms with van der Waals surface area (Å²) in [7, 11) is 1.43. The molecule has 0 heterocycles. The molecule has 0 bridgehead atoms. The maximum absolute atomic E-state index is 11.7. The van der Waals surface area contributed by atoms with Gasteiger partial charge < -0.3 is 10.1 Å². The molecule has 4 heteroatoms. The second-order valence-corrected chi connectivity index (χ2v) is 6.38. The first-order valence-electron chi connectivity index (χ1n) is 7.17. The molecular formula is C16H23NO2S. The molecule has 1 fully saturated rings. The van der Waals surface area contributed by atoms with Crippen molar-refractivity contribution in [1.82, 2.24) is 5.32 Å². The van der Waals surface area contributed by atoms with Crippen molar-refractivity contribution < 1.29 is 9.53 Å². The first-order chi connectivity index (χ1) is 9.74. The van der Waals surface area contributed by atoms with Crippen LogP contribution in [0.2, 0.25) is 0 Å². The lowest BCUT2D eigenvalue weighted by Crippen LogP contribution is -2.33. The van der Waals surface area contributed by atoms with Gasteiger partial charge in [0.1, 0.15) is 0 Å². The molecule has 0 radical (unpaired) electrons. The fraction of sp³-hybridized carbons (Fsp3) is 0.562. The van der Waals surface area contributed by atoms with E-state index in [0.717, 1.165) is 17.4 Å². The van der Waals surface area contributed by atoms with Crippen molar-refractivity contribution in [3.8, 4) is 0 Å². The molecule has 0 amide bonds. The van der Waals surface area contributed by atoms with Crippen LogP contribution in [0.15, 0.2) is 24.3 Å². The van der Waals surface area contributed by atoms with E-state index in [1.807, 2.05) is 36.0 Å². The molecular weight excluding hydrogens is 270 g/mol. The summed E-state index contributed by atoms with van der Waals surface area (Å²) in [4.78, 5) is 11.7. The van der Waals surface area contributed by atoms with E-state index < -0.39 is 0 Å².